The second-order valence-electron chi connectivity index (χ2n) is 4.07. The van der Waals surface area contributed by atoms with E-state index in [2.05, 4.69) is 21.4 Å². The summed E-state index contributed by atoms with van der Waals surface area (Å²) in [5, 5.41) is 12.5. The Balaban J connectivity index is 2.39. The summed E-state index contributed by atoms with van der Waals surface area (Å²) in [6, 6.07) is 3.71. The quantitative estimate of drug-likeness (QED) is 0.868. The predicted molar refractivity (Wildman–Crippen MR) is 72.6 cm³/mol. The average Bonchev–Trinajstić information content (AvgIpc) is 2.63. The number of anilines is 2. The zero-order valence-electron chi connectivity index (χ0n) is 10.9. The Bertz CT molecular complexity index is 657. The van der Waals surface area contributed by atoms with Crippen LogP contribution in [0.25, 0.3) is 0 Å². The molecule has 0 aliphatic rings. The molecule has 2 aromatic rings. The van der Waals surface area contributed by atoms with Gasteiger partial charge in [0.2, 0.25) is 5.88 Å². The van der Waals surface area contributed by atoms with Crippen molar-refractivity contribution in [3.05, 3.63) is 33.9 Å². The molecule has 0 aromatic carbocycles. The molecule has 0 atom stereocenters. The summed E-state index contributed by atoms with van der Waals surface area (Å²) < 4.78 is 5.52. The van der Waals surface area contributed by atoms with E-state index in [1.54, 1.807) is 6.07 Å². The van der Waals surface area contributed by atoms with E-state index < -0.39 is 0 Å². The van der Waals surface area contributed by atoms with Crippen LogP contribution in [0.3, 0.4) is 0 Å². The van der Waals surface area contributed by atoms with Crippen molar-refractivity contribution in [3.8, 4) is 6.07 Å². The molecule has 19 heavy (non-hydrogen) atoms. The number of aryl methyl sites for hydroxylation is 2. The summed E-state index contributed by atoms with van der Waals surface area (Å²) in [7, 11) is 0. The number of furan rings is 1. The van der Waals surface area contributed by atoms with Gasteiger partial charge in [-0.05, 0) is 13.8 Å². The number of aromatic nitrogens is 2. The van der Waals surface area contributed by atoms with Crippen LogP contribution in [0.5, 0.6) is 0 Å². The van der Waals surface area contributed by atoms with Crippen molar-refractivity contribution in [1.29, 1.82) is 5.26 Å². The van der Waals surface area contributed by atoms with E-state index >= 15 is 0 Å². The molecule has 0 saturated heterocycles. The van der Waals surface area contributed by atoms with E-state index in [1.807, 2.05) is 20.8 Å². The third kappa shape index (κ3) is 2.69. The van der Waals surface area contributed by atoms with Crippen LogP contribution in [0.4, 0.5) is 11.7 Å². The molecule has 6 heteroatoms. The van der Waals surface area contributed by atoms with E-state index in [9.17, 15) is 0 Å². The van der Waals surface area contributed by atoms with Gasteiger partial charge in [0.1, 0.15) is 34.2 Å². The summed E-state index contributed by atoms with van der Waals surface area (Å²) in [6.07, 6.45) is 0.677. The Morgan fingerprint density at radius 3 is 2.79 bits per heavy atom. The standard InChI is InChI=1S/C13H13ClN4O/c1-4-11-16-10(14)5-12(17-11)18-13-9(6-15)7(2)8(3)19-13/h5H,4H2,1-3H3,(H,16,17,18). The number of rotatable bonds is 3. The van der Waals surface area contributed by atoms with Crippen LogP contribution in [-0.4, -0.2) is 9.97 Å². The van der Waals surface area contributed by atoms with Gasteiger partial charge in [-0.2, -0.15) is 5.26 Å². The van der Waals surface area contributed by atoms with Crippen molar-refractivity contribution in [2.75, 3.05) is 5.32 Å². The van der Waals surface area contributed by atoms with E-state index in [0.717, 1.165) is 5.56 Å². The molecule has 0 fully saturated rings. The average molecular weight is 277 g/mol. The Labute approximate surface area is 116 Å². The molecule has 2 rings (SSSR count). The summed E-state index contributed by atoms with van der Waals surface area (Å²) in [5.41, 5.74) is 1.30. The number of hydrogen-bond acceptors (Lipinski definition) is 5. The van der Waals surface area contributed by atoms with Gasteiger partial charge in [-0.3, -0.25) is 0 Å². The van der Waals surface area contributed by atoms with Crippen LogP contribution in [0, 0.1) is 25.2 Å². The number of nitrogens with zero attached hydrogens (tertiary/aromatic N) is 3. The minimum atomic E-state index is 0.354. The molecule has 0 aliphatic carbocycles. The molecule has 0 aliphatic heterocycles. The smallest absolute Gasteiger partial charge is 0.216 e. The molecule has 2 aromatic heterocycles. The van der Waals surface area contributed by atoms with E-state index in [0.29, 0.717) is 40.4 Å². The second kappa shape index (κ2) is 5.29. The Morgan fingerprint density at radius 2 is 2.16 bits per heavy atom. The van der Waals surface area contributed by atoms with Crippen LogP contribution < -0.4 is 5.32 Å². The number of hydrogen-bond donors (Lipinski definition) is 1. The number of nitrogens with one attached hydrogen (secondary N) is 1. The zero-order chi connectivity index (χ0) is 14.0. The SMILES string of the molecule is CCc1nc(Cl)cc(Nc2oc(C)c(C)c2C#N)n1. The highest BCUT2D eigenvalue weighted by Gasteiger charge is 2.15. The third-order valence-corrected chi connectivity index (χ3v) is 2.99. The first kappa shape index (κ1) is 13.4. The van der Waals surface area contributed by atoms with Crippen molar-refractivity contribution in [2.45, 2.75) is 27.2 Å². The Kier molecular flexibility index (Phi) is 3.72. The molecule has 0 unspecified atom stereocenters. The van der Waals surface area contributed by atoms with E-state index in [1.165, 1.54) is 0 Å². The largest absolute Gasteiger partial charge is 0.444 e. The monoisotopic (exact) mass is 276 g/mol. The van der Waals surface area contributed by atoms with E-state index in [-0.39, 0.29) is 0 Å². The van der Waals surface area contributed by atoms with Crippen molar-refractivity contribution >= 4 is 23.3 Å². The topological polar surface area (TPSA) is 74.7 Å². The van der Waals surface area contributed by atoms with Gasteiger partial charge in [0, 0.05) is 18.1 Å². The van der Waals surface area contributed by atoms with Crippen LogP contribution in [-0.2, 0) is 6.42 Å². The maximum atomic E-state index is 9.14. The molecule has 0 amide bonds. The summed E-state index contributed by atoms with van der Waals surface area (Å²) in [4.78, 5) is 8.36. The van der Waals surface area contributed by atoms with Crippen LogP contribution in [0.15, 0.2) is 10.5 Å². The Morgan fingerprint density at radius 1 is 1.42 bits per heavy atom. The molecule has 1 N–H and O–H groups in total. The second-order valence-corrected chi connectivity index (χ2v) is 4.46. The molecule has 5 nitrogen and oxygen atoms in total. The van der Waals surface area contributed by atoms with Gasteiger partial charge in [0.25, 0.3) is 0 Å². The highest BCUT2D eigenvalue weighted by molar-refractivity contribution is 6.29. The van der Waals surface area contributed by atoms with Crippen LogP contribution in [0.1, 0.15) is 29.6 Å². The highest BCUT2D eigenvalue weighted by atomic mass is 35.5. The maximum Gasteiger partial charge on any atom is 0.216 e. The lowest BCUT2D eigenvalue weighted by Gasteiger charge is -2.05. The summed E-state index contributed by atoms with van der Waals surface area (Å²) >= 11 is 5.92. The molecule has 2 heterocycles. The molecule has 0 radical (unpaired) electrons. The van der Waals surface area contributed by atoms with E-state index in [4.69, 9.17) is 21.3 Å². The first-order valence-electron chi connectivity index (χ1n) is 5.85. The summed E-state index contributed by atoms with van der Waals surface area (Å²) in [6.45, 7) is 5.59. The van der Waals surface area contributed by atoms with Crippen LogP contribution >= 0.6 is 11.6 Å². The third-order valence-electron chi connectivity index (χ3n) is 2.80. The Hall–Kier alpha value is -2.06. The first-order chi connectivity index (χ1) is 9.05. The number of nitriles is 1. The molecule has 0 spiro atoms. The van der Waals surface area contributed by atoms with Crippen molar-refractivity contribution in [3.63, 3.8) is 0 Å². The van der Waals surface area contributed by atoms with Gasteiger partial charge in [-0.15, -0.1) is 0 Å². The molecular formula is C13H13ClN4O. The van der Waals surface area contributed by atoms with Gasteiger partial charge in [-0.25, -0.2) is 9.97 Å². The molecular weight excluding hydrogens is 264 g/mol. The zero-order valence-corrected chi connectivity index (χ0v) is 11.7. The minimum Gasteiger partial charge on any atom is -0.444 e. The normalized spacial score (nSPS) is 10.3. The fourth-order valence-corrected chi connectivity index (χ4v) is 1.85. The van der Waals surface area contributed by atoms with Crippen molar-refractivity contribution in [2.24, 2.45) is 0 Å². The lowest BCUT2D eigenvalue weighted by Crippen LogP contribution is -2.00. The summed E-state index contributed by atoms with van der Waals surface area (Å²) in [5.74, 6) is 2.24. The van der Waals surface area contributed by atoms with Crippen molar-refractivity contribution in [1.82, 2.24) is 9.97 Å². The molecule has 0 bridgehead atoms. The first-order valence-corrected chi connectivity index (χ1v) is 6.23. The van der Waals surface area contributed by atoms with Gasteiger partial charge < -0.3 is 9.73 Å². The lowest BCUT2D eigenvalue weighted by molar-refractivity contribution is 0.547. The number of halogens is 1. The fraction of sp³-hybridized carbons (Fsp3) is 0.308. The predicted octanol–water partition coefficient (Wildman–Crippen LogP) is 3.52. The van der Waals surface area contributed by atoms with Gasteiger partial charge >= 0.3 is 0 Å². The molecule has 98 valence electrons. The van der Waals surface area contributed by atoms with Crippen LogP contribution in [0.2, 0.25) is 5.15 Å². The maximum absolute atomic E-state index is 9.14. The van der Waals surface area contributed by atoms with Crippen molar-refractivity contribution < 1.29 is 4.42 Å². The lowest BCUT2D eigenvalue weighted by atomic mass is 10.2. The van der Waals surface area contributed by atoms with Gasteiger partial charge in [-0.1, -0.05) is 18.5 Å². The highest BCUT2D eigenvalue weighted by Crippen LogP contribution is 2.28. The molecule has 0 saturated carbocycles. The minimum absolute atomic E-state index is 0.354. The van der Waals surface area contributed by atoms with Gasteiger partial charge in [0.15, 0.2) is 0 Å². The van der Waals surface area contributed by atoms with Gasteiger partial charge in [0.05, 0.1) is 0 Å². The fourth-order valence-electron chi connectivity index (χ4n) is 1.65.